The Balaban J connectivity index is -0.000000500. The Bertz CT molecular complexity index is 912. The monoisotopic (exact) mass is 550 g/mol. The molecule has 0 heterocycles. The van der Waals surface area contributed by atoms with E-state index in [2.05, 4.69) is 124 Å². The van der Waals surface area contributed by atoms with Crippen molar-refractivity contribution in [2.45, 2.75) is 120 Å². The van der Waals surface area contributed by atoms with Gasteiger partial charge < -0.3 is 0 Å². The zero-order valence-electron chi connectivity index (χ0n) is 27.7. The van der Waals surface area contributed by atoms with E-state index in [1.54, 1.807) is 6.08 Å². The topological polar surface area (TPSA) is 0 Å². The van der Waals surface area contributed by atoms with Crippen molar-refractivity contribution in [3.05, 3.63) is 119 Å². The van der Waals surface area contributed by atoms with E-state index in [1.807, 2.05) is 26.8 Å². The number of hydrogen-bond acceptors (Lipinski definition) is 0. The lowest BCUT2D eigenvalue weighted by molar-refractivity contribution is 0.656. The molecule has 0 spiro atoms. The van der Waals surface area contributed by atoms with E-state index in [4.69, 9.17) is 0 Å². The summed E-state index contributed by atoms with van der Waals surface area (Å²) in [6.45, 7) is 34.5. The van der Waals surface area contributed by atoms with Crippen molar-refractivity contribution in [1.82, 2.24) is 0 Å². The quantitative estimate of drug-likeness (QED) is 0.119. The summed E-state index contributed by atoms with van der Waals surface area (Å²) in [7, 11) is 0.748. The van der Waals surface area contributed by atoms with Gasteiger partial charge in [0.05, 0.1) is 0 Å². The molecule has 0 nitrogen and oxygen atoms in total. The van der Waals surface area contributed by atoms with Crippen molar-refractivity contribution < 1.29 is 0 Å². The molecule has 2 aromatic carbocycles. The molecule has 0 amide bonds. The number of rotatable bonds is 10. The largest absolute Gasteiger partial charge is 0.103 e. The Morgan fingerprint density at radius 1 is 0.821 bits per heavy atom. The van der Waals surface area contributed by atoms with Crippen LogP contribution in [0.15, 0.2) is 91.3 Å². The molecule has 2 rings (SSSR count). The predicted octanol–water partition coefficient (Wildman–Crippen LogP) is 13.4. The van der Waals surface area contributed by atoms with Crippen LogP contribution in [0, 0.1) is 20.8 Å². The van der Waals surface area contributed by atoms with Gasteiger partial charge >= 0.3 is 0 Å². The van der Waals surface area contributed by atoms with Crippen LogP contribution in [0.25, 0.3) is 0 Å². The van der Waals surface area contributed by atoms with Gasteiger partial charge in [-0.1, -0.05) is 148 Å². The lowest BCUT2D eigenvalue weighted by Gasteiger charge is -2.17. The number of unbranched alkanes of at least 4 members (excludes halogenated alkanes) is 4. The van der Waals surface area contributed by atoms with Crippen LogP contribution < -0.4 is 0 Å². The third kappa shape index (κ3) is 21.3. The standard InChI is InChI=1S/C16H21P.C10H14.C7H16.C3H6.C2H6/c1-6-12(3)14(5)17-16(7-2)15-11-9-8-10-13(15)4;1-4-10-6-5-8(2)7-9(10)3;1-3-5-7-6-4-2;1-3-2;1-2/h6-11,16-17H,1-2H2,3-5H3;5-7H,4H2,1-3H3;3-7H2,1-2H3;3H,1H2,2H3;1-2H3/b14-12+;;;;. The van der Waals surface area contributed by atoms with E-state index in [0.29, 0.717) is 5.66 Å². The lowest BCUT2D eigenvalue weighted by atomic mass is 10.0. The maximum Gasteiger partial charge on any atom is 0.0231 e. The van der Waals surface area contributed by atoms with Crippen molar-refractivity contribution in [2.24, 2.45) is 0 Å². The zero-order chi connectivity index (χ0) is 30.6. The molecular formula is C38H63P. The van der Waals surface area contributed by atoms with Gasteiger partial charge in [0, 0.05) is 5.66 Å². The van der Waals surface area contributed by atoms with Gasteiger partial charge in [0.1, 0.15) is 0 Å². The molecule has 0 saturated carbocycles. The van der Waals surface area contributed by atoms with Gasteiger partial charge in [-0.15, -0.1) is 13.2 Å². The van der Waals surface area contributed by atoms with Crippen molar-refractivity contribution in [3.8, 4) is 0 Å². The fourth-order valence-corrected chi connectivity index (χ4v) is 5.01. The molecule has 2 atom stereocenters. The summed E-state index contributed by atoms with van der Waals surface area (Å²) < 4.78 is 0. The van der Waals surface area contributed by atoms with Crippen LogP contribution in [0.1, 0.15) is 121 Å². The van der Waals surface area contributed by atoms with Crippen LogP contribution in [0.5, 0.6) is 0 Å². The van der Waals surface area contributed by atoms with E-state index >= 15 is 0 Å². The highest BCUT2D eigenvalue weighted by molar-refractivity contribution is 7.43. The van der Waals surface area contributed by atoms with Crippen LogP contribution in [-0.4, -0.2) is 0 Å². The average Bonchev–Trinajstić information content (AvgIpc) is 2.94. The normalized spacial score (nSPS) is 11.1. The van der Waals surface area contributed by atoms with Crippen molar-refractivity contribution in [3.63, 3.8) is 0 Å². The molecule has 1 heteroatoms. The Kier molecular flexibility index (Phi) is 30.5. The molecule has 0 aliphatic rings. The summed E-state index contributed by atoms with van der Waals surface area (Å²) >= 11 is 0. The molecule has 0 radical (unpaired) electrons. The summed E-state index contributed by atoms with van der Waals surface area (Å²) in [6.07, 6.45) is 13.9. The van der Waals surface area contributed by atoms with Crippen LogP contribution >= 0.6 is 8.58 Å². The summed E-state index contributed by atoms with van der Waals surface area (Å²) in [5.41, 5.74) is 8.67. The van der Waals surface area contributed by atoms with Gasteiger partial charge in [0.2, 0.25) is 0 Å². The highest BCUT2D eigenvalue weighted by Crippen LogP contribution is 2.43. The molecule has 0 aliphatic heterocycles. The van der Waals surface area contributed by atoms with Crippen molar-refractivity contribution >= 4 is 8.58 Å². The van der Waals surface area contributed by atoms with Crippen LogP contribution in [-0.2, 0) is 6.42 Å². The van der Waals surface area contributed by atoms with E-state index in [-0.39, 0.29) is 0 Å². The van der Waals surface area contributed by atoms with E-state index in [1.165, 1.54) is 70.8 Å². The lowest BCUT2D eigenvalue weighted by Crippen LogP contribution is -1.92. The molecule has 2 aromatic rings. The minimum atomic E-state index is 0.422. The minimum Gasteiger partial charge on any atom is -0.103 e. The average molecular weight is 551 g/mol. The first-order chi connectivity index (χ1) is 18.7. The van der Waals surface area contributed by atoms with Gasteiger partial charge in [-0.3, -0.25) is 0 Å². The number of allylic oxidation sites excluding steroid dienone is 5. The molecule has 2 unspecified atom stereocenters. The Labute approximate surface area is 247 Å². The molecular weight excluding hydrogens is 487 g/mol. The third-order valence-corrected chi connectivity index (χ3v) is 7.80. The second-order valence-electron chi connectivity index (χ2n) is 9.48. The summed E-state index contributed by atoms with van der Waals surface area (Å²) in [5.74, 6) is 0. The van der Waals surface area contributed by atoms with Crippen LogP contribution in [0.3, 0.4) is 0 Å². The SMILES string of the molecule is C=C/C(C)=C(\C)PC(C=C)c1ccccc1C.C=CC.CC.CCCCCCC.CCc1ccc(C)cc1C. The first-order valence-corrected chi connectivity index (χ1v) is 16.1. The van der Waals surface area contributed by atoms with Gasteiger partial charge in [0.15, 0.2) is 0 Å². The second kappa shape index (κ2) is 28.8. The summed E-state index contributed by atoms with van der Waals surface area (Å²) in [5, 5.41) is 1.41. The Morgan fingerprint density at radius 3 is 1.77 bits per heavy atom. The molecule has 0 saturated heterocycles. The number of hydrogen-bond donors (Lipinski definition) is 0. The molecule has 0 N–H and O–H groups in total. The minimum absolute atomic E-state index is 0.422. The molecule has 0 fully saturated rings. The first kappa shape index (κ1) is 41.3. The zero-order valence-corrected chi connectivity index (χ0v) is 28.7. The highest BCUT2D eigenvalue weighted by Gasteiger charge is 2.10. The Hall–Kier alpha value is -2.17. The van der Waals surface area contributed by atoms with Crippen molar-refractivity contribution in [1.29, 1.82) is 0 Å². The second-order valence-corrected chi connectivity index (χ2v) is 11.1. The highest BCUT2D eigenvalue weighted by atomic mass is 31.1. The van der Waals surface area contributed by atoms with Gasteiger partial charge in [-0.2, -0.15) is 0 Å². The van der Waals surface area contributed by atoms with Gasteiger partial charge in [0.25, 0.3) is 0 Å². The maximum atomic E-state index is 3.98. The third-order valence-electron chi connectivity index (χ3n) is 6.12. The summed E-state index contributed by atoms with van der Waals surface area (Å²) in [6, 6.07) is 15.2. The first-order valence-electron chi connectivity index (χ1n) is 15.0. The van der Waals surface area contributed by atoms with Gasteiger partial charge in [-0.25, -0.2) is 0 Å². The van der Waals surface area contributed by atoms with Crippen LogP contribution in [0.4, 0.5) is 0 Å². The fourth-order valence-electron chi connectivity index (χ4n) is 3.62. The molecule has 39 heavy (non-hydrogen) atoms. The predicted molar refractivity (Wildman–Crippen MR) is 188 cm³/mol. The fraction of sp³-hybridized carbons (Fsp3) is 0.474. The van der Waals surface area contributed by atoms with E-state index in [0.717, 1.165) is 15.0 Å². The Morgan fingerprint density at radius 2 is 1.36 bits per heavy atom. The molecule has 0 aromatic heterocycles. The van der Waals surface area contributed by atoms with Gasteiger partial charge in [-0.05, 0) is 81.1 Å². The maximum absolute atomic E-state index is 3.98. The molecule has 220 valence electrons. The van der Waals surface area contributed by atoms with Crippen molar-refractivity contribution in [2.75, 3.05) is 0 Å². The number of benzene rings is 2. The molecule has 0 aliphatic carbocycles. The van der Waals surface area contributed by atoms with E-state index in [9.17, 15) is 0 Å². The van der Waals surface area contributed by atoms with E-state index < -0.39 is 0 Å². The summed E-state index contributed by atoms with van der Waals surface area (Å²) in [4.78, 5) is 0. The number of aryl methyl sites for hydroxylation is 4. The van der Waals surface area contributed by atoms with Crippen LogP contribution in [0.2, 0.25) is 0 Å². The molecule has 0 bridgehead atoms. The smallest absolute Gasteiger partial charge is 0.0231 e.